The van der Waals surface area contributed by atoms with Gasteiger partial charge in [0.1, 0.15) is 5.82 Å². The smallest absolute Gasteiger partial charge is 0.323 e. The minimum atomic E-state index is -2.14. The Hall–Kier alpha value is -3.76. The van der Waals surface area contributed by atoms with Gasteiger partial charge in [0.25, 0.3) is 0 Å². The van der Waals surface area contributed by atoms with Crippen molar-refractivity contribution in [3.8, 4) is 22.3 Å². The van der Waals surface area contributed by atoms with Crippen molar-refractivity contribution >= 4 is 67.3 Å². The molecule has 0 aliphatic rings. The summed E-state index contributed by atoms with van der Waals surface area (Å²) < 4.78 is 23.0. The maximum atomic E-state index is 12.2. The lowest BCUT2D eigenvalue weighted by Gasteiger charge is -2.21. The summed E-state index contributed by atoms with van der Waals surface area (Å²) in [6.07, 6.45) is 1.73. The summed E-state index contributed by atoms with van der Waals surface area (Å²) in [6.45, 7) is 0. The second-order valence-corrected chi connectivity index (χ2v) is 10.5. The van der Waals surface area contributed by atoms with E-state index in [-0.39, 0.29) is 5.75 Å². The molecule has 0 fully saturated rings. The number of carbonyl (C=O) groups is 1. The SMILES string of the molecule is NC(=O)N(c1ccc(-c2csc3c(-c4ccc(CS(=O)[O-])cc4)cnc(N)c23)cc1)c1cccc(Cl)c1. The number of hydrogen-bond donors (Lipinski definition) is 2. The molecule has 0 aliphatic heterocycles. The molecule has 2 heterocycles. The number of halogens is 1. The maximum absolute atomic E-state index is 12.2. The molecule has 5 rings (SSSR count). The lowest BCUT2D eigenvalue weighted by Crippen LogP contribution is -2.31. The van der Waals surface area contributed by atoms with Crippen LogP contribution in [0.3, 0.4) is 0 Å². The molecule has 0 saturated carbocycles. The van der Waals surface area contributed by atoms with Gasteiger partial charge >= 0.3 is 6.03 Å². The van der Waals surface area contributed by atoms with Gasteiger partial charge in [-0.15, -0.1) is 11.3 Å². The van der Waals surface area contributed by atoms with Gasteiger partial charge in [-0.25, -0.2) is 9.78 Å². The number of anilines is 3. The van der Waals surface area contributed by atoms with E-state index in [1.807, 2.05) is 41.8 Å². The fourth-order valence-electron chi connectivity index (χ4n) is 4.21. The van der Waals surface area contributed by atoms with Crippen LogP contribution >= 0.6 is 22.9 Å². The van der Waals surface area contributed by atoms with Crippen molar-refractivity contribution in [3.05, 3.63) is 95.0 Å². The Bertz CT molecular complexity index is 1640. The third-order valence-corrected chi connectivity index (χ3v) is 7.71. The van der Waals surface area contributed by atoms with Gasteiger partial charge in [0.15, 0.2) is 0 Å². The van der Waals surface area contributed by atoms with Crippen molar-refractivity contribution in [1.82, 2.24) is 4.98 Å². The zero-order chi connectivity index (χ0) is 26.1. The van der Waals surface area contributed by atoms with Gasteiger partial charge in [-0.2, -0.15) is 0 Å². The first-order valence-electron chi connectivity index (χ1n) is 11.1. The lowest BCUT2D eigenvalue weighted by molar-refractivity contribution is 0.256. The topological polar surface area (TPSA) is 125 Å². The molecule has 10 heteroatoms. The van der Waals surface area contributed by atoms with Crippen LogP contribution in [-0.4, -0.2) is 19.8 Å². The molecule has 0 aliphatic carbocycles. The molecule has 2 aromatic heterocycles. The predicted molar refractivity (Wildman–Crippen MR) is 151 cm³/mol. The van der Waals surface area contributed by atoms with Gasteiger partial charge in [0.05, 0.1) is 11.4 Å². The first-order valence-corrected chi connectivity index (χ1v) is 13.6. The molecule has 186 valence electrons. The number of thiophene rings is 1. The third-order valence-electron chi connectivity index (χ3n) is 5.90. The molecule has 2 amide bonds. The van der Waals surface area contributed by atoms with Crippen molar-refractivity contribution in [2.45, 2.75) is 5.75 Å². The number of fused-ring (bicyclic) bond motifs is 1. The van der Waals surface area contributed by atoms with Gasteiger partial charge in [-0.3, -0.25) is 9.11 Å². The zero-order valence-electron chi connectivity index (χ0n) is 19.3. The molecule has 4 N–H and O–H groups in total. The van der Waals surface area contributed by atoms with E-state index >= 15 is 0 Å². The van der Waals surface area contributed by atoms with Crippen molar-refractivity contribution in [1.29, 1.82) is 0 Å². The summed E-state index contributed by atoms with van der Waals surface area (Å²) in [4.78, 5) is 18.1. The van der Waals surface area contributed by atoms with Gasteiger partial charge in [0.2, 0.25) is 0 Å². The van der Waals surface area contributed by atoms with Crippen LogP contribution in [0, 0.1) is 0 Å². The van der Waals surface area contributed by atoms with Crippen LogP contribution in [0.1, 0.15) is 5.56 Å². The molecular formula is C27H20ClN4O3S2-. The molecular weight excluding hydrogens is 528 g/mol. The summed E-state index contributed by atoms with van der Waals surface area (Å²) in [5.41, 5.74) is 17.5. The molecule has 0 radical (unpaired) electrons. The molecule has 5 aromatic rings. The number of hydrogen-bond acceptors (Lipinski definition) is 6. The number of nitrogen functional groups attached to an aromatic ring is 1. The van der Waals surface area contributed by atoms with E-state index in [0.717, 1.165) is 32.3 Å². The van der Waals surface area contributed by atoms with Crippen molar-refractivity contribution in [2.24, 2.45) is 5.73 Å². The summed E-state index contributed by atoms with van der Waals surface area (Å²) >= 11 is 5.52. The first-order chi connectivity index (χ1) is 17.8. The van der Waals surface area contributed by atoms with E-state index in [1.54, 1.807) is 53.9 Å². The number of nitrogens with zero attached hydrogens (tertiary/aromatic N) is 2. The standard InChI is InChI=1S/C27H21ClN4O3S2/c28-19-2-1-3-21(12-19)32(27(30)33)20-10-8-18(9-11-20)23-14-36-25-22(13-31-26(29)24(23)25)17-6-4-16(5-7-17)15-37(34)35/h1-14H,15H2,(H2,29,31)(H2,30,33)(H,34,35)/p-1. The highest BCUT2D eigenvalue weighted by Gasteiger charge is 2.18. The molecule has 7 nitrogen and oxygen atoms in total. The molecule has 1 unspecified atom stereocenters. The highest BCUT2D eigenvalue weighted by atomic mass is 35.5. The Morgan fingerprint density at radius 1 is 1.00 bits per heavy atom. The minimum absolute atomic E-state index is 0.0285. The average Bonchev–Trinajstić information content (AvgIpc) is 3.31. The number of urea groups is 1. The predicted octanol–water partition coefficient (Wildman–Crippen LogP) is 6.46. The Morgan fingerprint density at radius 3 is 2.32 bits per heavy atom. The van der Waals surface area contributed by atoms with Crippen LogP contribution in [-0.2, 0) is 16.8 Å². The summed E-state index contributed by atoms with van der Waals surface area (Å²) in [7, 11) is 0. The van der Waals surface area contributed by atoms with Crippen LogP contribution < -0.4 is 16.4 Å². The van der Waals surface area contributed by atoms with E-state index in [9.17, 15) is 13.6 Å². The zero-order valence-corrected chi connectivity index (χ0v) is 21.6. The number of nitrogens with two attached hydrogens (primary N) is 2. The van der Waals surface area contributed by atoms with E-state index in [4.69, 9.17) is 23.1 Å². The third kappa shape index (κ3) is 5.07. The number of primary amides is 1. The number of amides is 2. The van der Waals surface area contributed by atoms with Crippen LogP contribution in [0.15, 0.2) is 84.4 Å². The summed E-state index contributed by atoms with van der Waals surface area (Å²) in [5.74, 6) is 0.384. The maximum Gasteiger partial charge on any atom is 0.323 e. The average molecular weight is 548 g/mol. The van der Waals surface area contributed by atoms with E-state index in [2.05, 4.69) is 4.98 Å². The highest BCUT2D eigenvalue weighted by molar-refractivity contribution is 7.78. The monoisotopic (exact) mass is 547 g/mol. The van der Waals surface area contributed by atoms with Gasteiger partial charge in [-0.1, -0.05) is 65.1 Å². The lowest BCUT2D eigenvalue weighted by atomic mass is 10.0. The minimum Gasteiger partial charge on any atom is -0.772 e. The van der Waals surface area contributed by atoms with Crippen molar-refractivity contribution in [2.75, 3.05) is 10.6 Å². The van der Waals surface area contributed by atoms with Crippen molar-refractivity contribution in [3.63, 3.8) is 0 Å². The second-order valence-electron chi connectivity index (χ2n) is 8.26. The summed E-state index contributed by atoms with van der Waals surface area (Å²) in [5, 5.41) is 3.36. The molecule has 0 bridgehead atoms. The Morgan fingerprint density at radius 2 is 1.68 bits per heavy atom. The quantitative estimate of drug-likeness (QED) is 0.236. The molecule has 0 spiro atoms. The van der Waals surface area contributed by atoms with Gasteiger partial charge in [0, 0.05) is 38.2 Å². The first kappa shape index (κ1) is 24.9. The van der Waals surface area contributed by atoms with Crippen LogP contribution in [0.5, 0.6) is 0 Å². The molecule has 1 atom stereocenters. The van der Waals surface area contributed by atoms with Crippen LogP contribution in [0.2, 0.25) is 5.02 Å². The highest BCUT2D eigenvalue weighted by Crippen LogP contribution is 2.42. The van der Waals surface area contributed by atoms with E-state index < -0.39 is 17.1 Å². The van der Waals surface area contributed by atoms with E-state index in [0.29, 0.717) is 27.8 Å². The van der Waals surface area contributed by atoms with Crippen LogP contribution in [0.25, 0.3) is 32.3 Å². The number of carbonyl (C=O) groups excluding carboxylic acids is 1. The van der Waals surface area contributed by atoms with E-state index in [1.165, 1.54) is 4.90 Å². The fourth-order valence-corrected chi connectivity index (χ4v) is 5.98. The Balaban J connectivity index is 1.52. The Kier molecular flexibility index (Phi) is 6.94. The molecule has 37 heavy (non-hydrogen) atoms. The van der Waals surface area contributed by atoms with Crippen molar-refractivity contribution < 1.29 is 13.6 Å². The molecule has 0 saturated heterocycles. The molecule has 3 aromatic carbocycles. The van der Waals surface area contributed by atoms with Crippen LogP contribution in [0.4, 0.5) is 22.0 Å². The number of rotatable bonds is 6. The van der Waals surface area contributed by atoms with Gasteiger partial charge in [-0.05, 0) is 52.4 Å². The van der Waals surface area contributed by atoms with Gasteiger partial charge < -0.3 is 16.0 Å². The fraction of sp³-hybridized carbons (Fsp3) is 0.0370. The number of benzene rings is 3. The number of pyridine rings is 1. The Labute approximate surface area is 224 Å². The second kappa shape index (κ2) is 10.3. The normalized spacial score (nSPS) is 11.9. The number of aromatic nitrogens is 1. The summed E-state index contributed by atoms with van der Waals surface area (Å²) in [6, 6.07) is 21.1. The largest absolute Gasteiger partial charge is 0.772 e.